The van der Waals surface area contributed by atoms with Gasteiger partial charge in [0, 0.05) is 28.8 Å². The van der Waals surface area contributed by atoms with Gasteiger partial charge in [0.25, 0.3) is 0 Å². The van der Waals surface area contributed by atoms with Gasteiger partial charge in [-0.2, -0.15) is 5.26 Å². The minimum Gasteiger partial charge on any atom is -0.387 e. The van der Waals surface area contributed by atoms with Crippen LogP contribution < -0.4 is 0 Å². The van der Waals surface area contributed by atoms with Crippen LogP contribution in [0.2, 0.25) is 10.0 Å². The maximum atomic E-state index is 10.5. The van der Waals surface area contributed by atoms with Crippen molar-refractivity contribution in [3.63, 3.8) is 0 Å². The van der Waals surface area contributed by atoms with Gasteiger partial charge >= 0.3 is 0 Å². The van der Waals surface area contributed by atoms with E-state index >= 15 is 0 Å². The first kappa shape index (κ1) is 13.6. The number of halogens is 2. The van der Waals surface area contributed by atoms with Gasteiger partial charge in [0.05, 0.1) is 17.6 Å². The molecule has 0 spiro atoms. The third kappa shape index (κ3) is 2.48. The molecule has 18 heavy (non-hydrogen) atoms. The minimum atomic E-state index is -0.947. The van der Waals surface area contributed by atoms with Crippen molar-refractivity contribution in [1.82, 2.24) is 0 Å². The molecule has 0 bridgehead atoms. The first-order valence-corrected chi connectivity index (χ1v) is 6.47. The van der Waals surface area contributed by atoms with Crippen molar-refractivity contribution in [3.8, 4) is 6.07 Å². The third-order valence-corrected chi connectivity index (χ3v) is 3.96. The number of rotatable bonds is 2. The number of ether oxygens (including phenoxy) is 1. The Kier molecular flexibility index (Phi) is 4.14. The number of aliphatic hydroxyl groups is 1. The van der Waals surface area contributed by atoms with E-state index in [2.05, 4.69) is 6.07 Å². The van der Waals surface area contributed by atoms with Crippen LogP contribution in [-0.2, 0) is 4.74 Å². The summed E-state index contributed by atoms with van der Waals surface area (Å²) in [6, 6.07) is 7.13. The second-order valence-corrected chi connectivity index (χ2v) is 5.29. The number of nitriles is 1. The van der Waals surface area contributed by atoms with Crippen molar-refractivity contribution in [3.05, 3.63) is 33.8 Å². The summed E-state index contributed by atoms with van der Waals surface area (Å²) in [5, 5.41) is 20.8. The highest BCUT2D eigenvalue weighted by Crippen LogP contribution is 2.44. The number of nitrogens with zero attached hydrogens (tertiary/aromatic N) is 1. The molecule has 1 unspecified atom stereocenters. The van der Waals surface area contributed by atoms with Crippen molar-refractivity contribution in [1.29, 1.82) is 5.26 Å². The summed E-state index contributed by atoms with van der Waals surface area (Å²) in [6.45, 7) is 0.950. The fraction of sp³-hybridized carbons (Fsp3) is 0.462. The molecule has 1 heterocycles. The Balaban J connectivity index is 2.37. The second-order valence-electron chi connectivity index (χ2n) is 4.45. The molecule has 3 nitrogen and oxygen atoms in total. The zero-order chi connectivity index (χ0) is 13.2. The van der Waals surface area contributed by atoms with E-state index in [0.717, 1.165) is 0 Å². The summed E-state index contributed by atoms with van der Waals surface area (Å²) in [4.78, 5) is 0. The smallest absolute Gasteiger partial charge is 0.0992 e. The molecule has 2 rings (SSSR count). The van der Waals surface area contributed by atoms with E-state index in [9.17, 15) is 10.4 Å². The van der Waals surface area contributed by atoms with E-state index in [1.165, 1.54) is 0 Å². The van der Waals surface area contributed by atoms with Crippen molar-refractivity contribution in [2.45, 2.75) is 18.9 Å². The van der Waals surface area contributed by atoms with Gasteiger partial charge in [-0.3, -0.25) is 0 Å². The highest BCUT2D eigenvalue weighted by atomic mass is 35.5. The molecule has 1 aliphatic heterocycles. The van der Waals surface area contributed by atoms with Crippen molar-refractivity contribution in [2.24, 2.45) is 5.41 Å². The van der Waals surface area contributed by atoms with E-state index in [0.29, 0.717) is 41.7 Å². The topological polar surface area (TPSA) is 53.2 Å². The average Bonchev–Trinajstić information content (AvgIpc) is 2.41. The predicted molar refractivity (Wildman–Crippen MR) is 69.5 cm³/mol. The van der Waals surface area contributed by atoms with E-state index in [4.69, 9.17) is 27.9 Å². The summed E-state index contributed by atoms with van der Waals surface area (Å²) in [5.74, 6) is 0. The van der Waals surface area contributed by atoms with Gasteiger partial charge in [-0.15, -0.1) is 0 Å². The van der Waals surface area contributed by atoms with Crippen molar-refractivity contribution >= 4 is 23.2 Å². The number of benzene rings is 1. The Bertz CT molecular complexity index is 478. The highest BCUT2D eigenvalue weighted by molar-refractivity contribution is 6.33. The van der Waals surface area contributed by atoms with Crippen LogP contribution in [0.25, 0.3) is 0 Å². The molecule has 0 saturated carbocycles. The van der Waals surface area contributed by atoms with Crippen LogP contribution >= 0.6 is 23.2 Å². The van der Waals surface area contributed by atoms with Gasteiger partial charge in [0.1, 0.15) is 0 Å². The van der Waals surface area contributed by atoms with Gasteiger partial charge in [-0.05, 0) is 31.0 Å². The number of hydrogen-bond acceptors (Lipinski definition) is 3. The van der Waals surface area contributed by atoms with E-state index in [1.807, 2.05) is 0 Å². The molecular formula is C13H13Cl2NO2. The van der Waals surface area contributed by atoms with E-state index < -0.39 is 11.5 Å². The number of aliphatic hydroxyl groups excluding tert-OH is 1. The summed E-state index contributed by atoms with van der Waals surface area (Å²) >= 11 is 12.0. The van der Waals surface area contributed by atoms with Crippen molar-refractivity contribution < 1.29 is 9.84 Å². The zero-order valence-corrected chi connectivity index (χ0v) is 11.2. The molecule has 0 radical (unpaired) electrons. The Morgan fingerprint density at radius 1 is 1.33 bits per heavy atom. The van der Waals surface area contributed by atoms with Crippen LogP contribution in [0.1, 0.15) is 24.5 Å². The monoisotopic (exact) mass is 285 g/mol. The fourth-order valence-corrected chi connectivity index (χ4v) is 2.61. The number of hydrogen-bond donors (Lipinski definition) is 1. The molecule has 1 atom stereocenters. The average molecular weight is 286 g/mol. The molecule has 96 valence electrons. The first-order chi connectivity index (χ1) is 8.59. The lowest BCUT2D eigenvalue weighted by molar-refractivity contribution is -0.0309. The molecule has 1 saturated heterocycles. The molecule has 0 amide bonds. The van der Waals surface area contributed by atoms with Crippen LogP contribution in [0.5, 0.6) is 0 Å². The normalized spacial score (nSPS) is 20.1. The van der Waals surface area contributed by atoms with Crippen molar-refractivity contribution in [2.75, 3.05) is 13.2 Å². The van der Waals surface area contributed by atoms with Gasteiger partial charge in [-0.25, -0.2) is 0 Å². The van der Waals surface area contributed by atoms with E-state index in [1.54, 1.807) is 18.2 Å². The molecule has 1 N–H and O–H groups in total. The van der Waals surface area contributed by atoms with Crippen LogP contribution in [-0.4, -0.2) is 18.3 Å². The van der Waals surface area contributed by atoms with Gasteiger partial charge in [0.15, 0.2) is 0 Å². The fourth-order valence-electron chi connectivity index (χ4n) is 2.20. The van der Waals surface area contributed by atoms with Crippen LogP contribution in [0.3, 0.4) is 0 Å². The summed E-state index contributed by atoms with van der Waals surface area (Å²) in [6.07, 6.45) is 0.0405. The second kappa shape index (κ2) is 5.46. The molecule has 5 heteroatoms. The SMILES string of the molecule is N#CC1(C(O)c2cc(Cl)ccc2Cl)CCOCC1. The standard InChI is InChI=1S/C13H13Cl2NO2/c14-9-1-2-11(15)10(7-9)12(17)13(8-16)3-5-18-6-4-13/h1-2,7,12,17H,3-6H2. The summed E-state index contributed by atoms with van der Waals surface area (Å²) in [5.41, 5.74) is -0.334. The largest absolute Gasteiger partial charge is 0.387 e. The first-order valence-electron chi connectivity index (χ1n) is 5.71. The Morgan fingerprint density at radius 3 is 2.61 bits per heavy atom. The lowest BCUT2D eigenvalue weighted by Crippen LogP contribution is -2.34. The van der Waals surface area contributed by atoms with Gasteiger partial charge in [-0.1, -0.05) is 23.2 Å². The van der Waals surface area contributed by atoms with Crippen LogP contribution in [0.15, 0.2) is 18.2 Å². The zero-order valence-electron chi connectivity index (χ0n) is 9.70. The Labute approximate surface area is 116 Å². The maximum absolute atomic E-state index is 10.5. The molecule has 1 aliphatic rings. The summed E-state index contributed by atoms with van der Waals surface area (Å²) < 4.78 is 5.25. The van der Waals surface area contributed by atoms with Crippen LogP contribution in [0, 0.1) is 16.7 Å². The predicted octanol–water partition coefficient (Wildman–Crippen LogP) is 3.35. The lowest BCUT2D eigenvalue weighted by atomic mass is 9.74. The Hall–Kier alpha value is -0.790. The third-order valence-electron chi connectivity index (χ3n) is 3.38. The van der Waals surface area contributed by atoms with Gasteiger partial charge < -0.3 is 9.84 Å². The molecule has 1 aromatic carbocycles. The highest BCUT2D eigenvalue weighted by Gasteiger charge is 2.41. The molecular weight excluding hydrogens is 273 g/mol. The van der Waals surface area contributed by atoms with Gasteiger partial charge in [0.2, 0.25) is 0 Å². The maximum Gasteiger partial charge on any atom is 0.0992 e. The quantitative estimate of drug-likeness (QED) is 0.907. The lowest BCUT2D eigenvalue weighted by Gasteiger charge is -2.35. The van der Waals surface area contributed by atoms with E-state index in [-0.39, 0.29) is 0 Å². The molecule has 0 aliphatic carbocycles. The molecule has 1 fully saturated rings. The molecule has 1 aromatic rings. The summed E-state index contributed by atoms with van der Waals surface area (Å²) in [7, 11) is 0. The molecule has 0 aromatic heterocycles. The minimum absolute atomic E-state index is 0.424. The Morgan fingerprint density at radius 2 is 2.00 bits per heavy atom. The van der Waals surface area contributed by atoms with Crippen LogP contribution in [0.4, 0.5) is 0 Å².